The second-order valence-electron chi connectivity index (χ2n) is 4.19. The van der Waals surface area contributed by atoms with Gasteiger partial charge in [0, 0.05) is 12.1 Å². The maximum absolute atomic E-state index is 12.1. The molecule has 0 radical (unpaired) electrons. The average Bonchev–Trinajstić information content (AvgIpc) is 2.43. The highest BCUT2D eigenvalue weighted by atomic mass is 35.5. The van der Waals surface area contributed by atoms with Gasteiger partial charge in [-0.15, -0.1) is 0 Å². The molecule has 21 heavy (non-hydrogen) atoms. The first-order chi connectivity index (χ1) is 9.79. The fraction of sp³-hybridized carbons (Fsp3) is 0.0833. The van der Waals surface area contributed by atoms with Crippen LogP contribution in [0.1, 0.15) is 5.56 Å². The van der Waals surface area contributed by atoms with E-state index < -0.39 is 14.9 Å². The summed E-state index contributed by atoms with van der Waals surface area (Å²) >= 11 is 5.76. The highest BCUT2D eigenvalue weighted by Gasteiger charge is 2.16. The summed E-state index contributed by atoms with van der Waals surface area (Å²) < 4.78 is 26.6. The molecule has 0 aliphatic rings. The zero-order valence-electron chi connectivity index (χ0n) is 10.8. The Morgan fingerprint density at radius 2 is 1.90 bits per heavy atom. The summed E-state index contributed by atoms with van der Waals surface area (Å²) in [5.74, 6) is 0. The Morgan fingerprint density at radius 1 is 1.29 bits per heavy atom. The molecule has 0 aliphatic heterocycles. The van der Waals surface area contributed by atoms with Crippen molar-refractivity contribution in [2.75, 3.05) is 4.72 Å². The Hall–Kier alpha value is -2.19. The van der Waals surface area contributed by atoms with Crippen molar-refractivity contribution in [2.24, 2.45) is 0 Å². The van der Waals surface area contributed by atoms with Crippen LogP contribution >= 0.6 is 11.6 Å². The number of nitro groups is 1. The topological polar surface area (TPSA) is 102 Å². The number of nitrogens with one attached hydrogen (secondary N) is 1. The minimum absolute atomic E-state index is 0.0827. The lowest BCUT2D eigenvalue weighted by Gasteiger charge is -2.08. The fourth-order valence-corrected chi connectivity index (χ4v) is 2.71. The normalized spacial score (nSPS) is 11.1. The summed E-state index contributed by atoms with van der Waals surface area (Å²) in [5, 5.41) is 10.8. The van der Waals surface area contributed by atoms with Crippen molar-refractivity contribution in [3.8, 4) is 0 Å². The van der Waals surface area contributed by atoms with Gasteiger partial charge in [-0.05, 0) is 30.7 Å². The first-order valence-corrected chi connectivity index (χ1v) is 7.55. The Balaban J connectivity index is 2.29. The molecule has 0 unspecified atom stereocenters. The van der Waals surface area contributed by atoms with Crippen LogP contribution in [0.25, 0.3) is 0 Å². The van der Waals surface area contributed by atoms with Crippen LogP contribution in [0.4, 0.5) is 11.4 Å². The molecule has 1 heterocycles. The van der Waals surface area contributed by atoms with E-state index in [9.17, 15) is 18.5 Å². The maximum atomic E-state index is 12.1. The van der Waals surface area contributed by atoms with Gasteiger partial charge in [0.1, 0.15) is 5.15 Å². The number of benzene rings is 1. The van der Waals surface area contributed by atoms with E-state index in [2.05, 4.69) is 9.71 Å². The van der Waals surface area contributed by atoms with Crippen LogP contribution in [0.5, 0.6) is 0 Å². The first kappa shape index (κ1) is 15.2. The number of nitrogens with zero attached hydrogens (tertiary/aromatic N) is 2. The van der Waals surface area contributed by atoms with Crippen molar-refractivity contribution in [2.45, 2.75) is 11.8 Å². The van der Waals surface area contributed by atoms with Crippen LogP contribution in [0.2, 0.25) is 5.15 Å². The molecule has 0 bridgehead atoms. The van der Waals surface area contributed by atoms with Crippen molar-refractivity contribution < 1.29 is 13.3 Å². The quantitative estimate of drug-likeness (QED) is 0.528. The largest absolute Gasteiger partial charge is 0.278 e. The van der Waals surface area contributed by atoms with E-state index in [1.165, 1.54) is 12.3 Å². The number of non-ortho nitro benzene ring substituents is 1. The van der Waals surface area contributed by atoms with Crippen molar-refractivity contribution >= 4 is 33.0 Å². The zero-order chi connectivity index (χ0) is 15.6. The molecule has 0 fully saturated rings. The molecule has 0 amide bonds. The van der Waals surface area contributed by atoms with Crippen LogP contribution in [0, 0.1) is 17.0 Å². The molecule has 0 atom stereocenters. The van der Waals surface area contributed by atoms with E-state index >= 15 is 0 Å². The highest BCUT2D eigenvalue weighted by molar-refractivity contribution is 7.92. The number of aromatic nitrogens is 1. The van der Waals surface area contributed by atoms with Crippen LogP contribution < -0.4 is 4.72 Å². The van der Waals surface area contributed by atoms with E-state index in [0.717, 1.165) is 24.3 Å². The first-order valence-electron chi connectivity index (χ1n) is 5.69. The van der Waals surface area contributed by atoms with Gasteiger partial charge >= 0.3 is 0 Å². The summed E-state index contributed by atoms with van der Waals surface area (Å²) in [6.07, 6.45) is 1.29. The molecular weight excluding hydrogens is 318 g/mol. The van der Waals surface area contributed by atoms with Gasteiger partial charge in [-0.25, -0.2) is 13.4 Å². The summed E-state index contributed by atoms with van der Waals surface area (Å²) in [4.78, 5) is 13.7. The number of hydrogen-bond acceptors (Lipinski definition) is 5. The minimum atomic E-state index is -3.84. The van der Waals surface area contributed by atoms with Crippen molar-refractivity contribution in [3.63, 3.8) is 0 Å². The Labute approximate surface area is 125 Å². The van der Waals surface area contributed by atoms with Gasteiger partial charge in [0.2, 0.25) is 0 Å². The molecule has 0 saturated heterocycles. The zero-order valence-corrected chi connectivity index (χ0v) is 12.4. The molecular formula is C12H10ClN3O4S. The number of nitro benzene ring substituents is 1. The van der Waals surface area contributed by atoms with Crippen molar-refractivity contribution in [3.05, 3.63) is 57.4 Å². The third-order valence-corrected chi connectivity index (χ3v) is 4.42. The predicted molar refractivity (Wildman–Crippen MR) is 77.9 cm³/mol. The fourth-order valence-electron chi connectivity index (χ4n) is 1.58. The molecule has 7 nitrogen and oxygen atoms in total. The Bertz CT molecular complexity index is 791. The number of anilines is 1. The van der Waals surface area contributed by atoms with E-state index in [-0.39, 0.29) is 21.4 Å². The third kappa shape index (κ3) is 3.47. The van der Waals surface area contributed by atoms with Crippen LogP contribution in [-0.4, -0.2) is 18.3 Å². The molecule has 1 aromatic heterocycles. The van der Waals surface area contributed by atoms with E-state index in [0.29, 0.717) is 5.56 Å². The van der Waals surface area contributed by atoms with Gasteiger partial charge in [0.25, 0.3) is 15.7 Å². The second kappa shape index (κ2) is 5.66. The SMILES string of the molecule is Cc1cc(NS(=O)(=O)c2ccc([N+](=O)[O-])cc2)cnc1Cl. The summed E-state index contributed by atoms with van der Waals surface area (Å²) in [6, 6.07) is 6.12. The summed E-state index contributed by atoms with van der Waals surface area (Å²) in [7, 11) is -3.84. The number of halogens is 1. The van der Waals surface area contributed by atoms with E-state index in [4.69, 9.17) is 11.6 Å². The van der Waals surface area contributed by atoms with Crippen molar-refractivity contribution in [1.29, 1.82) is 0 Å². The molecule has 0 saturated carbocycles. The van der Waals surface area contributed by atoms with E-state index in [1.54, 1.807) is 6.92 Å². The minimum Gasteiger partial charge on any atom is -0.278 e. The van der Waals surface area contributed by atoms with Crippen LogP contribution in [0.3, 0.4) is 0 Å². The van der Waals surface area contributed by atoms with Gasteiger partial charge in [0.05, 0.1) is 21.7 Å². The standard InChI is InChI=1S/C12H10ClN3O4S/c1-8-6-9(7-14-12(8)13)15-21(19,20)11-4-2-10(3-5-11)16(17)18/h2-7,15H,1H3. The maximum Gasteiger partial charge on any atom is 0.269 e. The van der Waals surface area contributed by atoms with Crippen molar-refractivity contribution in [1.82, 2.24) is 4.98 Å². The molecule has 2 aromatic rings. The third-order valence-electron chi connectivity index (χ3n) is 2.62. The molecule has 110 valence electrons. The van der Waals surface area contributed by atoms with Gasteiger partial charge in [0.15, 0.2) is 0 Å². The van der Waals surface area contributed by atoms with Gasteiger partial charge in [-0.2, -0.15) is 0 Å². The lowest BCUT2D eigenvalue weighted by atomic mass is 10.3. The van der Waals surface area contributed by atoms with Gasteiger partial charge in [-0.3, -0.25) is 14.8 Å². The summed E-state index contributed by atoms with van der Waals surface area (Å²) in [5.41, 5.74) is 0.703. The molecule has 1 N–H and O–H groups in total. The molecule has 2 rings (SSSR count). The molecule has 9 heteroatoms. The van der Waals surface area contributed by atoms with Crippen LogP contribution in [0.15, 0.2) is 41.4 Å². The number of hydrogen-bond donors (Lipinski definition) is 1. The number of pyridine rings is 1. The monoisotopic (exact) mass is 327 g/mol. The number of aryl methyl sites for hydroxylation is 1. The average molecular weight is 328 g/mol. The molecule has 0 aliphatic carbocycles. The second-order valence-corrected chi connectivity index (χ2v) is 6.23. The van der Waals surface area contributed by atoms with Gasteiger partial charge in [-0.1, -0.05) is 11.6 Å². The van der Waals surface area contributed by atoms with Gasteiger partial charge < -0.3 is 0 Å². The molecule has 0 spiro atoms. The smallest absolute Gasteiger partial charge is 0.269 e. The van der Waals surface area contributed by atoms with Crippen LogP contribution in [-0.2, 0) is 10.0 Å². The Kier molecular flexibility index (Phi) is 4.10. The predicted octanol–water partition coefficient (Wildman–Crippen LogP) is 2.75. The Morgan fingerprint density at radius 3 is 2.43 bits per heavy atom. The highest BCUT2D eigenvalue weighted by Crippen LogP contribution is 2.21. The molecule has 1 aromatic carbocycles. The summed E-state index contributed by atoms with van der Waals surface area (Å²) in [6.45, 7) is 1.69. The lowest BCUT2D eigenvalue weighted by Crippen LogP contribution is -2.13. The lowest BCUT2D eigenvalue weighted by molar-refractivity contribution is -0.384. The number of sulfonamides is 1. The number of rotatable bonds is 4. The van der Waals surface area contributed by atoms with E-state index in [1.807, 2.05) is 0 Å².